The highest BCUT2D eigenvalue weighted by Crippen LogP contribution is 2.16. The number of benzene rings is 1. The summed E-state index contributed by atoms with van der Waals surface area (Å²) >= 11 is 1.58. The number of thiophene rings is 1. The molecule has 0 fully saturated rings. The molecule has 0 aliphatic heterocycles. The third-order valence-corrected chi connectivity index (χ3v) is 3.72. The molecule has 1 amide bonds. The summed E-state index contributed by atoms with van der Waals surface area (Å²) < 4.78 is 0. The highest BCUT2D eigenvalue weighted by atomic mass is 32.1. The maximum atomic E-state index is 12.0. The lowest BCUT2D eigenvalue weighted by Crippen LogP contribution is -2.28. The van der Waals surface area contributed by atoms with Gasteiger partial charge in [-0.1, -0.05) is 18.2 Å². The van der Waals surface area contributed by atoms with E-state index in [0.29, 0.717) is 5.56 Å². The van der Waals surface area contributed by atoms with Crippen LogP contribution in [0.5, 0.6) is 0 Å². The Morgan fingerprint density at radius 1 is 1.30 bits per heavy atom. The Morgan fingerprint density at radius 3 is 2.70 bits per heavy atom. The van der Waals surface area contributed by atoms with Gasteiger partial charge in [0.15, 0.2) is 0 Å². The molecule has 1 atom stereocenters. The standard InChI is InChI=1S/C15H15NO3S/c1-10(12-6-7-20-9-12)16-14(17)8-11-4-2-3-5-13(11)15(18)19/h2-7,9-10H,8H2,1H3,(H,16,17)(H,18,19). The molecule has 0 aliphatic carbocycles. The Morgan fingerprint density at radius 2 is 2.05 bits per heavy atom. The summed E-state index contributed by atoms with van der Waals surface area (Å²) in [7, 11) is 0. The van der Waals surface area contributed by atoms with Gasteiger partial charge in [0.05, 0.1) is 18.0 Å². The molecule has 2 N–H and O–H groups in total. The summed E-state index contributed by atoms with van der Waals surface area (Å²) in [4.78, 5) is 23.1. The number of hydrogen-bond donors (Lipinski definition) is 2. The maximum absolute atomic E-state index is 12.0. The van der Waals surface area contributed by atoms with Crippen molar-refractivity contribution >= 4 is 23.2 Å². The van der Waals surface area contributed by atoms with E-state index in [4.69, 9.17) is 5.11 Å². The molecule has 5 heteroatoms. The van der Waals surface area contributed by atoms with E-state index in [9.17, 15) is 9.59 Å². The molecule has 2 aromatic rings. The van der Waals surface area contributed by atoms with Crippen molar-refractivity contribution < 1.29 is 14.7 Å². The second kappa shape index (κ2) is 6.34. The van der Waals surface area contributed by atoms with E-state index in [1.54, 1.807) is 29.5 Å². The maximum Gasteiger partial charge on any atom is 0.335 e. The van der Waals surface area contributed by atoms with E-state index in [0.717, 1.165) is 5.56 Å². The molecule has 0 radical (unpaired) electrons. The molecule has 2 rings (SSSR count). The van der Waals surface area contributed by atoms with Gasteiger partial charge in [0.25, 0.3) is 0 Å². The van der Waals surface area contributed by atoms with E-state index < -0.39 is 5.97 Å². The van der Waals surface area contributed by atoms with Crippen LogP contribution in [0.4, 0.5) is 0 Å². The van der Waals surface area contributed by atoms with Crippen LogP contribution in [-0.2, 0) is 11.2 Å². The van der Waals surface area contributed by atoms with Crippen molar-refractivity contribution in [2.24, 2.45) is 0 Å². The largest absolute Gasteiger partial charge is 0.478 e. The Labute approximate surface area is 121 Å². The highest BCUT2D eigenvalue weighted by Gasteiger charge is 2.14. The van der Waals surface area contributed by atoms with Crippen LogP contribution in [0.3, 0.4) is 0 Å². The van der Waals surface area contributed by atoms with Gasteiger partial charge in [-0.25, -0.2) is 4.79 Å². The monoisotopic (exact) mass is 289 g/mol. The predicted octanol–water partition coefficient (Wildman–Crippen LogP) is 2.87. The molecule has 1 unspecified atom stereocenters. The van der Waals surface area contributed by atoms with Crippen LogP contribution < -0.4 is 5.32 Å². The van der Waals surface area contributed by atoms with Gasteiger partial charge in [0.2, 0.25) is 5.91 Å². The smallest absolute Gasteiger partial charge is 0.335 e. The fourth-order valence-electron chi connectivity index (χ4n) is 1.95. The number of carbonyl (C=O) groups excluding carboxylic acids is 1. The van der Waals surface area contributed by atoms with Crippen LogP contribution in [0.15, 0.2) is 41.1 Å². The Hall–Kier alpha value is -2.14. The Bertz CT molecular complexity index is 607. The lowest BCUT2D eigenvalue weighted by molar-refractivity contribution is -0.121. The van der Waals surface area contributed by atoms with Gasteiger partial charge in [0.1, 0.15) is 0 Å². The van der Waals surface area contributed by atoms with Crippen molar-refractivity contribution in [3.63, 3.8) is 0 Å². The first kappa shape index (κ1) is 14.3. The van der Waals surface area contributed by atoms with Crippen LogP contribution in [0, 0.1) is 0 Å². The average Bonchev–Trinajstić information content (AvgIpc) is 2.92. The summed E-state index contributed by atoms with van der Waals surface area (Å²) in [5.74, 6) is -1.20. The topological polar surface area (TPSA) is 66.4 Å². The van der Waals surface area contributed by atoms with Crippen molar-refractivity contribution in [3.8, 4) is 0 Å². The number of carboxylic acids is 1. The van der Waals surface area contributed by atoms with Gasteiger partial charge in [-0.15, -0.1) is 0 Å². The zero-order valence-electron chi connectivity index (χ0n) is 11.0. The van der Waals surface area contributed by atoms with E-state index in [1.165, 1.54) is 6.07 Å². The fourth-order valence-corrected chi connectivity index (χ4v) is 2.71. The lowest BCUT2D eigenvalue weighted by Gasteiger charge is -2.13. The van der Waals surface area contributed by atoms with Crippen LogP contribution >= 0.6 is 11.3 Å². The van der Waals surface area contributed by atoms with Gasteiger partial charge in [0, 0.05) is 0 Å². The lowest BCUT2D eigenvalue weighted by atomic mass is 10.0. The molecule has 20 heavy (non-hydrogen) atoms. The molecule has 0 spiro atoms. The molecule has 0 saturated carbocycles. The number of carbonyl (C=O) groups is 2. The summed E-state index contributed by atoms with van der Waals surface area (Å²) in [5, 5.41) is 15.9. The van der Waals surface area contributed by atoms with Gasteiger partial charge >= 0.3 is 5.97 Å². The summed E-state index contributed by atoms with van der Waals surface area (Å²) in [6.45, 7) is 1.91. The van der Waals surface area contributed by atoms with Gasteiger partial charge in [-0.3, -0.25) is 4.79 Å². The van der Waals surface area contributed by atoms with Gasteiger partial charge < -0.3 is 10.4 Å². The molecule has 1 aromatic carbocycles. The van der Waals surface area contributed by atoms with Crippen molar-refractivity contribution in [3.05, 3.63) is 57.8 Å². The summed E-state index contributed by atoms with van der Waals surface area (Å²) in [6, 6.07) is 8.44. The molecule has 0 aliphatic rings. The molecule has 104 valence electrons. The summed E-state index contributed by atoms with van der Waals surface area (Å²) in [5.41, 5.74) is 1.75. The zero-order chi connectivity index (χ0) is 14.5. The second-order valence-electron chi connectivity index (χ2n) is 4.48. The first-order valence-corrected chi connectivity index (χ1v) is 7.15. The number of rotatable bonds is 5. The molecule has 1 aromatic heterocycles. The quantitative estimate of drug-likeness (QED) is 0.889. The molecule has 1 heterocycles. The molecular weight excluding hydrogens is 274 g/mol. The SMILES string of the molecule is CC(NC(=O)Cc1ccccc1C(=O)O)c1ccsc1. The van der Waals surface area contributed by atoms with Crippen LogP contribution in [0.25, 0.3) is 0 Å². The van der Waals surface area contributed by atoms with E-state index in [-0.39, 0.29) is 23.9 Å². The average molecular weight is 289 g/mol. The number of hydrogen-bond acceptors (Lipinski definition) is 3. The van der Waals surface area contributed by atoms with Crippen LogP contribution in [0.1, 0.15) is 34.5 Å². The van der Waals surface area contributed by atoms with Crippen LogP contribution in [0.2, 0.25) is 0 Å². The minimum Gasteiger partial charge on any atom is -0.478 e. The van der Waals surface area contributed by atoms with E-state index >= 15 is 0 Å². The third kappa shape index (κ3) is 3.45. The van der Waals surface area contributed by atoms with Crippen molar-refractivity contribution in [2.45, 2.75) is 19.4 Å². The second-order valence-corrected chi connectivity index (χ2v) is 5.26. The van der Waals surface area contributed by atoms with Crippen molar-refractivity contribution in [2.75, 3.05) is 0 Å². The van der Waals surface area contributed by atoms with E-state index in [1.807, 2.05) is 23.8 Å². The number of carboxylic acid groups (broad SMARTS) is 1. The predicted molar refractivity (Wildman–Crippen MR) is 78.0 cm³/mol. The van der Waals surface area contributed by atoms with Gasteiger partial charge in [-0.2, -0.15) is 11.3 Å². The molecule has 0 saturated heterocycles. The zero-order valence-corrected chi connectivity index (χ0v) is 11.8. The number of nitrogens with one attached hydrogen (secondary N) is 1. The first-order chi connectivity index (χ1) is 9.58. The minimum atomic E-state index is -1.01. The fraction of sp³-hybridized carbons (Fsp3) is 0.200. The first-order valence-electron chi connectivity index (χ1n) is 6.20. The van der Waals surface area contributed by atoms with Crippen molar-refractivity contribution in [1.82, 2.24) is 5.32 Å². The van der Waals surface area contributed by atoms with E-state index in [2.05, 4.69) is 5.32 Å². The normalized spacial score (nSPS) is 11.8. The highest BCUT2D eigenvalue weighted by molar-refractivity contribution is 7.07. The van der Waals surface area contributed by atoms with Crippen LogP contribution in [-0.4, -0.2) is 17.0 Å². The summed E-state index contributed by atoms with van der Waals surface area (Å²) in [6.07, 6.45) is 0.0664. The number of aromatic carboxylic acids is 1. The van der Waals surface area contributed by atoms with Crippen molar-refractivity contribution in [1.29, 1.82) is 0 Å². The molecule has 4 nitrogen and oxygen atoms in total. The third-order valence-electron chi connectivity index (χ3n) is 3.02. The van der Waals surface area contributed by atoms with Gasteiger partial charge in [-0.05, 0) is 40.9 Å². The number of amides is 1. The minimum absolute atomic E-state index is 0.0664. The molecular formula is C15H15NO3S. The Kier molecular flexibility index (Phi) is 4.53. The molecule has 0 bridgehead atoms. The Balaban J connectivity index is 2.03.